The van der Waals surface area contributed by atoms with Gasteiger partial charge in [-0.2, -0.15) is 0 Å². The summed E-state index contributed by atoms with van der Waals surface area (Å²) in [4.78, 5) is 28.3. The second-order valence-electron chi connectivity index (χ2n) is 9.50. The average Bonchev–Trinajstić information content (AvgIpc) is 2.93. The van der Waals surface area contributed by atoms with Crippen LogP contribution in [0, 0.1) is 12.8 Å². The fourth-order valence-electron chi connectivity index (χ4n) is 4.79. The van der Waals surface area contributed by atoms with E-state index >= 15 is 0 Å². The Kier molecular flexibility index (Phi) is 8.67. The Bertz CT molecular complexity index is 1210. The normalized spacial score (nSPS) is 17.1. The summed E-state index contributed by atoms with van der Waals surface area (Å²) in [5, 5.41) is 6.06. The predicted molar refractivity (Wildman–Crippen MR) is 145 cm³/mol. The van der Waals surface area contributed by atoms with Crippen molar-refractivity contribution < 1.29 is 19.1 Å². The number of piperidine rings is 1. The Morgan fingerprint density at radius 2 is 1.68 bits per heavy atom. The number of rotatable bonds is 8. The van der Waals surface area contributed by atoms with Crippen LogP contribution in [0.1, 0.15) is 29.0 Å². The van der Waals surface area contributed by atoms with Gasteiger partial charge in [0.15, 0.2) is 0 Å². The maximum absolute atomic E-state index is 13.3. The van der Waals surface area contributed by atoms with Gasteiger partial charge in [-0.05, 0) is 55.2 Å². The standard InChI is InChI=1S/C30H35N3O4/c1-21-6-4-7-23(16-21)24-17-25(29(34)31-15-14-22-10-12-27(36-2)13-11-22)20-33(19-24)30(35)32-26-8-5-9-28(18-26)37-3/h4-13,16,18,24-25H,14-15,17,19-20H2,1-3H3,(H,31,34)(H,32,35). The molecular weight excluding hydrogens is 466 g/mol. The number of nitrogens with zero attached hydrogens (tertiary/aromatic N) is 1. The molecule has 0 aromatic heterocycles. The zero-order valence-corrected chi connectivity index (χ0v) is 21.7. The van der Waals surface area contributed by atoms with Crippen LogP contribution in [0.15, 0.2) is 72.8 Å². The van der Waals surface area contributed by atoms with Crippen molar-refractivity contribution in [3.63, 3.8) is 0 Å². The largest absolute Gasteiger partial charge is 0.497 e. The number of aryl methyl sites for hydroxylation is 1. The van der Waals surface area contributed by atoms with Crippen molar-refractivity contribution in [1.29, 1.82) is 0 Å². The molecule has 1 heterocycles. The Morgan fingerprint density at radius 1 is 0.919 bits per heavy atom. The van der Waals surface area contributed by atoms with Gasteiger partial charge < -0.3 is 25.0 Å². The third-order valence-corrected chi connectivity index (χ3v) is 6.82. The van der Waals surface area contributed by atoms with Crippen LogP contribution in [-0.4, -0.2) is 50.7 Å². The van der Waals surface area contributed by atoms with E-state index in [4.69, 9.17) is 9.47 Å². The lowest BCUT2D eigenvalue weighted by molar-refractivity contribution is -0.126. The monoisotopic (exact) mass is 501 g/mol. The number of methoxy groups -OCH3 is 2. The third kappa shape index (κ3) is 7.03. The Labute approximate surface area is 218 Å². The van der Waals surface area contributed by atoms with Crippen molar-refractivity contribution in [2.45, 2.75) is 25.7 Å². The topological polar surface area (TPSA) is 79.9 Å². The first-order valence-corrected chi connectivity index (χ1v) is 12.6. The molecule has 2 unspecified atom stereocenters. The number of hydrogen-bond donors (Lipinski definition) is 2. The van der Waals surface area contributed by atoms with Crippen molar-refractivity contribution in [1.82, 2.24) is 10.2 Å². The van der Waals surface area contributed by atoms with Crippen LogP contribution in [0.25, 0.3) is 0 Å². The highest BCUT2D eigenvalue weighted by Gasteiger charge is 2.34. The zero-order valence-electron chi connectivity index (χ0n) is 21.7. The summed E-state index contributed by atoms with van der Waals surface area (Å²) in [7, 11) is 3.24. The van der Waals surface area contributed by atoms with Crippen LogP contribution in [0.2, 0.25) is 0 Å². The Balaban J connectivity index is 1.44. The van der Waals surface area contributed by atoms with E-state index in [1.807, 2.05) is 48.5 Å². The molecule has 3 aromatic carbocycles. The van der Waals surface area contributed by atoms with Gasteiger partial charge in [-0.15, -0.1) is 0 Å². The number of nitrogens with one attached hydrogen (secondary N) is 2. The van der Waals surface area contributed by atoms with E-state index in [-0.39, 0.29) is 23.8 Å². The van der Waals surface area contributed by atoms with Crippen LogP contribution in [0.3, 0.4) is 0 Å². The molecule has 4 rings (SSSR count). The molecule has 1 aliphatic heterocycles. The maximum atomic E-state index is 13.3. The molecule has 3 aromatic rings. The van der Waals surface area contributed by atoms with Crippen LogP contribution in [-0.2, 0) is 11.2 Å². The van der Waals surface area contributed by atoms with E-state index < -0.39 is 0 Å². The van der Waals surface area contributed by atoms with E-state index in [9.17, 15) is 9.59 Å². The Morgan fingerprint density at radius 3 is 2.41 bits per heavy atom. The molecule has 37 heavy (non-hydrogen) atoms. The Hall–Kier alpha value is -4.00. The number of carbonyl (C=O) groups is 2. The third-order valence-electron chi connectivity index (χ3n) is 6.82. The lowest BCUT2D eigenvalue weighted by atomic mass is 9.83. The van der Waals surface area contributed by atoms with Gasteiger partial charge >= 0.3 is 6.03 Å². The first kappa shape index (κ1) is 26.1. The molecule has 1 saturated heterocycles. The maximum Gasteiger partial charge on any atom is 0.321 e. The van der Waals surface area contributed by atoms with Crippen molar-refractivity contribution in [2.24, 2.45) is 5.92 Å². The molecule has 0 saturated carbocycles. The number of hydrogen-bond acceptors (Lipinski definition) is 4. The van der Waals surface area contributed by atoms with Gasteiger partial charge in [-0.1, -0.05) is 48.0 Å². The molecule has 2 atom stereocenters. The molecule has 0 aliphatic carbocycles. The molecule has 0 radical (unpaired) electrons. The number of ether oxygens (including phenoxy) is 2. The highest BCUT2D eigenvalue weighted by Crippen LogP contribution is 2.31. The first-order chi connectivity index (χ1) is 17.9. The number of amides is 3. The summed E-state index contributed by atoms with van der Waals surface area (Å²) in [6, 6.07) is 23.2. The summed E-state index contributed by atoms with van der Waals surface area (Å²) in [6.45, 7) is 3.51. The minimum Gasteiger partial charge on any atom is -0.497 e. The second kappa shape index (κ2) is 12.3. The van der Waals surface area contributed by atoms with Crippen molar-refractivity contribution in [3.05, 3.63) is 89.5 Å². The molecule has 7 nitrogen and oxygen atoms in total. The van der Waals surface area contributed by atoms with E-state index in [1.165, 1.54) is 0 Å². The highest BCUT2D eigenvalue weighted by atomic mass is 16.5. The van der Waals surface area contributed by atoms with Crippen molar-refractivity contribution >= 4 is 17.6 Å². The van der Waals surface area contributed by atoms with E-state index in [0.29, 0.717) is 37.5 Å². The van der Waals surface area contributed by atoms with Crippen LogP contribution >= 0.6 is 0 Å². The number of anilines is 1. The van der Waals surface area contributed by atoms with Gasteiger partial charge in [0.1, 0.15) is 11.5 Å². The van der Waals surface area contributed by atoms with Crippen LogP contribution < -0.4 is 20.1 Å². The molecule has 0 bridgehead atoms. The summed E-state index contributed by atoms with van der Waals surface area (Å²) < 4.78 is 10.5. The van der Waals surface area contributed by atoms with Gasteiger partial charge in [-0.25, -0.2) is 4.79 Å². The lowest BCUT2D eigenvalue weighted by Crippen LogP contribution is -2.49. The molecule has 1 aliphatic rings. The molecular formula is C30H35N3O4. The van der Waals surface area contributed by atoms with Gasteiger partial charge in [0.25, 0.3) is 0 Å². The summed E-state index contributed by atoms with van der Waals surface area (Å²) in [5.74, 6) is 1.23. The van der Waals surface area contributed by atoms with E-state index in [0.717, 1.165) is 28.9 Å². The molecule has 3 amide bonds. The fourth-order valence-corrected chi connectivity index (χ4v) is 4.79. The molecule has 2 N–H and O–H groups in total. The minimum atomic E-state index is -0.300. The molecule has 1 fully saturated rings. The van der Waals surface area contributed by atoms with Gasteiger partial charge in [0, 0.05) is 37.3 Å². The fraction of sp³-hybridized carbons (Fsp3) is 0.333. The molecule has 0 spiro atoms. The van der Waals surface area contributed by atoms with Crippen molar-refractivity contribution in [3.8, 4) is 11.5 Å². The number of carbonyl (C=O) groups excluding carboxylic acids is 2. The lowest BCUT2D eigenvalue weighted by Gasteiger charge is -2.37. The van der Waals surface area contributed by atoms with E-state index in [1.54, 1.807) is 25.2 Å². The zero-order chi connectivity index (χ0) is 26.2. The van der Waals surface area contributed by atoms with E-state index in [2.05, 4.69) is 35.8 Å². The number of likely N-dealkylation sites (tertiary alicyclic amines) is 1. The van der Waals surface area contributed by atoms with Gasteiger partial charge in [0.05, 0.1) is 20.1 Å². The van der Waals surface area contributed by atoms with Crippen LogP contribution in [0.4, 0.5) is 10.5 Å². The molecule has 194 valence electrons. The summed E-state index contributed by atoms with van der Waals surface area (Å²) in [5.41, 5.74) is 4.09. The summed E-state index contributed by atoms with van der Waals surface area (Å²) in [6.07, 6.45) is 1.42. The van der Waals surface area contributed by atoms with Crippen LogP contribution in [0.5, 0.6) is 11.5 Å². The molecule has 7 heteroatoms. The quantitative estimate of drug-likeness (QED) is 0.455. The number of urea groups is 1. The SMILES string of the molecule is COc1ccc(CCNC(=O)C2CC(c3cccc(C)c3)CN(C(=O)Nc3cccc(OC)c3)C2)cc1. The second-order valence-corrected chi connectivity index (χ2v) is 9.50. The van der Waals surface area contributed by atoms with Gasteiger partial charge in [-0.3, -0.25) is 4.79 Å². The number of benzene rings is 3. The summed E-state index contributed by atoms with van der Waals surface area (Å²) >= 11 is 0. The first-order valence-electron chi connectivity index (χ1n) is 12.6. The average molecular weight is 502 g/mol. The van der Waals surface area contributed by atoms with Crippen molar-refractivity contribution in [2.75, 3.05) is 39.2 Å². The van der Waals surface area contributed by atoms with Gasteiger partial charge in [0.2, 0.25) is 5.91 Å². The minimum absolute atomic E-state index is 0.0231. The highest BCUT2D eigenvalue weighted by molar-refractivity contribution is 5.90. The smallest absolute Gasteiger partial charge is 0.321 e. The predicted octanol–water partition coefficient (Wildman–Crippen LogP) is 5.01.